The van der Waals surface area contributed by atoms with Gasteiger partial charge in [-0.15, -0.1) is 0 Å². The van der Waals surface area contributed by atoms with Crippen molar-refractivity contribution in [1.29, 1.82) is 0 Å². The van der Waals surface area contributed by atoms with Crippen LogP contribution >= 0.6 is 0 Å². The Morgan fingerprint density at radius 3 is 2.38 bits per heavy atom. The second-order valence-corrected chi connectivity index (χ2v) is 7.58. The lowest BCUT2D eigenvalue weighted by molar-refractivity contribution is -0.153. The van der Waals surface area contributed by atoms with Gasteiger partial charge in [0.2, 0.25) is 0 Å². The second-order valence-electron chi connectivity index (χ2n) is 7.58. The fourth-order valence-electron chi connectivity index (χ4n) is 3.81. The molecule has 1 aliphatic carbocycles. The second kappa shape index (κ2) is 9.55. The number of rotatable bonds is 7. The number of esters is 2. The van der Waals surface area contributed by atoms with Crippen LogP contribution in [-0.4, -0.2) is 18.5 Å². The molecule has 4 heteroatoms. The first-order chi connectivity index (χ1) is 14.0. The van der Waals surface area contributed by atoms with Crippen LogP contribution < -0.4 is 0 Å². The molecule has 0 amide bonds. The van der Waals surface area contributed by atoms with Crippen molar-refractivity contribution in [2.24, 2.45) is 0 Å². The molecule has 0 saturated heterocycles. The van der Waals surface area contributed by atoms with E-state index >= 15 is 0 Å². The van der Waals surface area contributed by atoms with E-state index in [-0.39, 0.29) is 31.6 Å². The predicted molar refractivity (Wildman–Crippen MR) is 112 cm³/mol. The summed E-state index contributed by atoms with van der Waals surface area (Å²) in [7, 11) is 0. The number of benzene rings is 2. The first-order valence-electron chi connectivity index (χ1n) is 10.1. The number of ether oxygens (including phenoxy) is 2. The van der Waals surface area contributed by atoms with E-state index in [1.165, 1.54) is 0 Å². The highest BCUT2D eigenvalue weighted by molar-refractivity contribution is 5.87. The Morgan fingerprint density at radius 2 is 1.69 bits per heavy atom. The number of carbonyl (C=O) groups is 2. The molecular formula is C25H28O4. The Balaban J connectivity index is 1.60. The van der Waals surface area contributed by atoms with E-state index in [1.54, 1.807) is 0 Å². The van der Waals surface area contributed by atoms with Crippen molar-refractivity contribution in [2.45, 2.75) is 51.6 Å². The van der Waals surface area contributed by atoms with Crippen molar-refractivity contribution in [3.05, 3.63) is 82.9 Å². The molecule has 1 unspecified atom stereocenters. The monoisotopic (exact) mass is 392 g/mol. The van der Waals surface area contributed by atoms with Crippen molar-refractivity contribution < 1.29 is 19.1 Å². The average molecular weight is 392 g/mol. The van der Waals surface area contributed by atoms with E-state index in [0.29, 0.717) is 0 Å². The lowest BCUT2D eigenvalue weighted by Gasteiger charge is -2.36. The summed E-state index contributed by atoms with van der Waals surface area (Å²) in [6, 6.07) is 17.6. The lowest BCUT2D eigenvalue weighted by Crippen LogP contribution is -2.40. The average Bonchev–Trinajstić information content (AvgIpc) is 2.74. The van der Waals surface area contributed by atoms with E-state index in [0.717, 1.165) is 41.5 Å². The van der Waals surface area contributed by atoms with Crippen molar-refractivity contribution in [3.63, 3.8) is 0 Å². The Hall–Kier alpha value is -2.88. The van der Waals surface area contributed by atoms with Crippen molar-refractivity contribution in [1.82, 2.24) is 0 Å². The summed E-state index contributed by atoms with van der Waals surface area (Å²) in [5.74, 6) is -0.660. The zero-order valence-corrected chi connectivity index (χ0v) is 17.1. The molecule has 4 nitrogen and oxygen atoms in total. The molecule has 0 radical (unpaired) electrons. The highest BCUT2D eigenvalue weighted by Crippen LogP contribution is 2.41. The van der Waals surface area contributed by atoms with Gasteiger partial charge in [-0.3, -0.25) is 9.59 Å². The van der Waals surface area contributed by atoms with Crippen LogP contribution in [0, 0.1) is 6.92 Å². The van der Waals surface area contributed by atoms with E-state index in [9.17, 15) is 9.59 Å². The highest BCUT2D eigenvalue weighted by Gasteiger charge is 2.44. The maximum Gasteiger partial charge on any atom is 0.320 e. The molecule has 1 aliphatic rings. The molecule has 0 bridgehead atoms. The SMILES string of the molecule is CC1=CCCCC1(C(=O)OCCC(=O)OCc1ccccc1)c1ccc(C)cc1. The minimum Gasteiger partial charge on any atom is -0.464 e. The first-order valence-corrected chi connectivity index (χ1v) is 10.1. The van der Waals surface area contributed by atoms with E-state index in [1.807, 2.05) is 68.4 Å². The lowest BCUT2D eigenvalue weighted by atomic mass is 9.68. The molecule has 0 saturated carbocycles. The Bertz CT molecular complexity index is 867. The van der Waals surface area contributed by atoms with Gasteiger partial charge in [-0.1, -0.05) is 71.8 Å². The molecular weight excluding hydrogens is 364 g/mol. The summed E-state index contributed by atoms with van der Waals surface area (Å²) in [6.45, 7) is 4.27. The molecule has 152 valence electrons. The van der Waals surface area contributed by atoms with Crippen molar-refractivity contribution in [2.75, 3.05) is 6.61 Å². The van der Waals surface area contributed by atoms with Crippen LogP contribution in [0.25, 0.3) is 0 Å². The smallest absolute Gasteiger partial charge is 0.320 e. The van der Waals surface area contributed by atoms with Gasteiger partial charge >= 0.3 is 11.9 Å². The van der Waals surface area contributed by atoms with Crippen LogP contribution in [0.1, 0.15) is 49.3 Å². The van der Waals surface area contributed by atoms with Crippen molar-refractivity contribution in [3.8, 4) is 0 Å². The van der Waals surface area contributed by atoms with Gasteiger partial charge in [0.05, 0.1) is 6.42 Å². The van der Waals surface area contributed by atoms with Gasteiger partial charge < -0.3 is 9.47 Å². The zero-order chi connectivity index (χ0) is 20.7. The largest absolute Gasteiger partial charge is 0.464 e. The van der Waals surface area contributed by atoms with Gasteiger partial charge in [-0.2, -0.15) is 0 Å². The van der Waals surface area contributed by atoms with Crippen LogP contribution in [0.2, 0.25) is 0 Å². The predicted octanol–water partition coefficient (Wildman–Crippen LogP) is 5.04. The van der Waals surface area contributed by atoms with Crippen LogP contribution in [0.3, 0.4) is 0 Å². The molecule has 29 heavy (non-hydrogen) atoms. The summed E-state index contributed by atoms with van der Waals surface area (Å²) >= 11 is 0. The summed E-state index contributed by atoms with van der Waals surface area (Å²) in [4.78, 5) is 25.2. The van der Waals surface area contributed by atoms with E-state index in [2.05, 4.69) is 6.08 Å². The van der Waals surface area contributed by atoms with Crippen molar-refractivity contribution >= 4 is 11.9 Å². The Labute approximate surface area is 172 Å². The zero-order valence-electron chi connectivity index (χ0n) is 17.1. The van der Waals surface area contributed by atoms with Gasteiger partial charge in [0, 0.05) is 0 Å². The topological polar surface area (TPSA) is 52.6 Å². The Morgan fingerprint density at radius 1 is 0.966 bits per heavy atom. The summed E-state index contributed by atoms with van der Waals surface area (Å²) in [6.07, 6.45) is 4.79. The van der Waals surface area contributed by atoms with Gasteiger partial charge in [-0.05, 0) is 44.2 Å². The molecule has 2 aromatic rings. The molecule has 3 rings (SSSR count). The molecule has 0 heterocycles. The maximum absolute atomic E-state index is 13.2. The normalized spacial score (nSPS) is 18.6. The third-order valence-electron chi connectivity index (χ3n) is 5.55. The van der Waals surface area contributed by atoms with Gasteiger partial charge in [-0.25, -0.2) is 0 Å². The molecule has 0 aromatic heterocycles. The molecule has 0 fully saturated rings. The standard InChI is InChI=1S/C25H28O4/c1-19-11-13-22(14-12-19)25(16-7-6-8-20(25)2)24(27)28-17-15-23(26)29-18-21-9-4-3-5-10-21/h3-5,8-14H,6-7,15-18H2,1-2H3. The third kappa shape index (κ3) is 4.94. The van der Waals surface area contributed by atoms with Crippen LogP contribution in [0.5, 0.6) is 0 Å². The number of hydrogen-bond donors (Lipinski definition) is 0. The van der Waals surface area contributed by atoms with Gasteiger partial charge in [0.1, 0.15) is 18.6 Å². The minimum absolute atomic E-state index is 0.0212. The maximum atomic E-state index is 13.2. The number of hydrogen-bond acceptors (Lipinski definition) is 4. The van der Waals surface area contributed by atoms with E-state index < -0.39 is 5.41 Å². The third-order valence-corrected chi connectivity index (χ3v) is 5.55. The number of aryl methyl sites for hydroxylation is 1. The molecule has 0 aliphatic heterocycles. The fourth-order valence-corrected chi connectivity index (χ4v) is 3.81. The van der Waals surface area contributed by atoms with Gasteiger partial charge in [0.25, 0.3) is 0 Å². The van der Waals surface area contributed by atoms with Crippen LogP contribution in [0.4, 0.5) is 0 Å². The fraction of sp³-hybridized carbons (Fsp3) is 0.360. The summed E-state index contributed by atoms with van der Waals surface area (Å²) < 4.78 is 10.8. The number of carbonyl (C=O) groups excluding carboxylic acids is 2. The van der Waals surface area contributed by atoms with E-state index in [4.69, 9.17) is 9.47 Å². The summed E-state index contributed by atoms with van der Waals surface area (Å²) in [5.41, 5.74) is 3.28. The molecule has 1 atom stereocenters. The van der Waals surface area contributed by atoms with Gasteiger partial charge in [0.15, 0.2) is 0 Å². The van der Waals surface area contributed by atoms with Crippen LogP contribution in [0.15, 0.2) is 66.2 Å². The number of allylic oxidation sites excluding steroid dienone is 1. The molecule has 0 spiro atoms. The quantitative estimate of drug-likeness (QED) is 0.489. The molecule has 2 aromatic carbocycles. The van der Waals surface area contributed by atoms with Crippen LogP contribution in [-0.2, 0) is 31.1 Å². The minimum atomic E-state index is -0.764. The Kier molecular flexibility index (Phi) is 6.86. The highest BCUT2D eigenvalue weighted by atomic mass is 16.5. The first kappa shape index (κ1) is 20.8. The molecule has 0 N–H and O–H groups in total. The summed E-state index contributed by atoms with van der Waals surface area (Å²) in [5, 5.41) is 0.